The van der Waals surface area contributed by atoms with Gasteiger partial charge in [0.05, 0.1) is 24.0 Å². The quantitative estimate of drug-likeness (QED) is 0.116. The van der Waals surface area contributed by atoms with Crippen molar-refractivity contribution in [3.8, 4) is 22.4 Å². The molecule has 1 aromatic heterocycles. The molecule has 0 aliphatic rings. The predicted molar refractivity (Wildman–Crippen MR) is 210 cm³/mol. The molecule has 0 aliphatic carbocycles. The van der Waals surface area contributed by atoms with E-state index in [2.05, 4.69) is 75.4 Å². The van der Waals surface area contributed by atoms with Crippen molar-refractivity contribution in [1.29, 1.82) is 0 Å². The predicted octanol–water partition coefficient (Wildman–Crippen LogP) is 13.4. The fourth-order valence-electron chi connectivity index (χ4n) is 5.16. The Morgan fingerprint density at radius 2 is 1.31 bits per heavy atom. The van der Waals surface area contributed by atoms with Gasteiger partial charge in [0, 0.05) is 45.0 Å². The van der Waals surface area contributed by atoms with Crippen molar-refractivity contribution in [2.75, 3.05) is 0 Å². The molecule has 281 valence electrons. The third kappa shape index (κ3) is 10.6. The first-order chi connectivity index (χ1) is 30.0. The van der Waals surface area contributed by atoms with Gasteiger partial charge < -0.3 is 10.6 Å². The number of fused-ring (bicyclic) bond motifs is 2. The van der Waals surface area contributed by atoms with Gasteiger partial charge in [-0.3, -0.25) is 13.8 Å². The average Bonchev–Trinajstić information content (AvgIpc) is 3.22. The zero-order valence-electron chi connectivity index (χ0n) is 40.6. The van der Waals surface area contributed by atoms with Crippen LogP contribution in [0, 0.1) is 43.2 Å². The third-order valence-corrected chi connectivity index (χ3v) is 7.38. The van der Waals surface area contributed by atoms with Crippen LogP contribution in [0.2, 0.25) is 0 Å². The zero-order valence-corrected chi connectivity index (χ0v) is 32.0. The van der Waals surface area contributed by atoms with Gasteiger partial charge in [-0.1, -0.05) is 129 Å². The van der Waals surface area contributed by atoms with Gasteiger partial charge in [-0.15, -0.1) is 47.5 Å². The Bertz CT molecular complexity index is 2860. The van der Waals surface area contributed by atoms with Crippen LogP contribution in [0.5, 0.6) is 0 Å². The second-order valence-electron chi connectivity index (χ2n) is 12.1. The Hall–Kier alpha value is -4.98. The van der Waals surface area contributed by atoms with Crippen LogP contribution in [-0.2, 0) is 20.1 Å². The summed E-state index contributed by atoms with van der Waals surface area (Å²) >= 11 is 0. The van der Waals surface area contributed by atoms with E-state index in [0.29, 0.717) is 24.2 Å². The Labute approximate surface area is 344 Å². The first-order valence-corrected chi connectivity index (χ1v) is 16.3. The fourth-order valence-corrected chi connectivity index (χ4v) is 5.16. The first-order valence-electron chi connectivity index (χ1n) is 21.8. The number of hydrogen-bond acceptors (Lipinski definition) is 1. The van der Waals surface area contributed by atoms with Gasteiger partial charge >= 0.3 is 0 Å². The van der Waals surface area contributed by atoms with Crippen molar-refractivity contribution in [2.24, 2.45) is 0 Å². The van der Waals surface area contributed by atoms with Crippen LogP contribution >= 0.6 is 0 Å². The Morgan fingerprint density at radius 3 is 1.98 bits per heavy atom. The van der Waals surface area contributed by atoms with Gasteiger partial charge in [0.2, 0.25) is 0 Å². The third-order valence-electron chi connectivity index (χ3n) is 7.38. The maximum atomic E-state index is 14.3. The molecule has 7 rings (SSSR count). The Balaban J connectivity index is 0.000000219. The molecule has 7 aromatic rings. The van der Waals surface area contributed by atoms with E-state index in [9.17, 15) is 17.6 Å². The molecule has 8 heteroatoms. The minimum Gasteiger partial charge on any atom is -0.672 e. The van der Waals surface area contributed by atoms with Gasteiger partial charge in [-0.05, 0) is 29.6 Å². The van der Waals surface area contributed by atoms with Crippen LogP contribution in [0.3, 0.4) is 0 Å². The second kappa shape index (κ2) is 19.4. The summed E-state index contributed by atoms with van der Waals surface area (Å²) in [5, 5.41) is 8.89. The molecule has 0 N–H and O–H groups in total. The summed E-state index contributed by atoms with van der Waals surface area (Å²) in [6.07, 6.45) is -0.483. The minimum absolute atomic E-state index is 0. The number of rotatable bonds is 7. The van der Waals surface area contributed by atoms with E-state index in [1.807, 2.05) is 18.2 Å². The molecule has 0 aliphatic heterocycles. The summed E-state index contributed by atoms with van der Waals surface area (Å²) in [6.45, 7) is 15.6. The van der Waals surface area contributed by atoms with Gasteiger partial charge in [0.25, 0.3) is 0 Å². The Kier molecular flexibility index (Phi) is 10.2. The van der Waals surface area contributed by atoms with E-state index >= 15 is 0 Å². The molecule has 0 fully saturated rings. The van der Waals surface area contributed by atoms with E-state index < -0.39 is 77.8 Å². The standard InChI is InChI=1S/C17H10F2.C16H10F2N.C13H20N2.Ir/c1-11-6-7-12-4-2-3-5-14(12)17(11)15-9-8-13(18)10-16(15)19;1-10-8-12(17)9-14(18)15(10)16-13-5-3-2-4-11(13)6-7-19-16;1-10(2)14-13(15-11(3)4)12-8-6-5-7-9-12;/h2-8,10H,1H2;2-9H,1H2;5-11,13H,1-4H3;/q-2;-1;-2;/i2D,3D,4D,5D,6D,7D;2D,3D,5D,6D,7D;;. The SMILES string of the molecule is CC(C)[N-]C([N-]C(C)C)c1ccccc1.[2H]c1c([2H])c([2H])c2c(-c3[c-]cc(F)cc3F)c([CH2-])c([2H])c([2H])c2c1[2H].[2H]c1cc2c([2H])c([2H])nc(-c3c([CH2-])cc(F)cc3F)c2c([2H])c1[2H].[Ir]. The van der Waals surface area contributed by atoms with Crippen molar-refractivity contribution in [3.63, 3.8) is 0 Å². The maximum Gasteiger partial charge on any atom is 0.0840 e. The van der Waals surface area contributed by atoms with Crippen LogP contribution < -0.4 is 0 Å². The van der Waals surface area contributed by atoms with Crippen molar-refractivity contribution in [2.45, 2.75) is 45.9 Å². The monoisotopic (exact) mass is 914 g/mol. The van der Waals surface area contributed by atoms with Crippen LogP contribution in [0.15, 0.2) is 127 Å². The van der Waals surface area contributed by atoms with Gasteiger partial charge in [0.15, 0.2) is 0 Å². The summed E-state index contributed by atoms with van der Waals surface area (Å²) in [5.74, 6) is -3.65. The molecule has 1 radical (unpaired) electrons. The van der Waals surface area contributed by atoms with E-state index in [1.54, 1.807) is 0 Å². The number of nitrogens with zero attached hydrogens (tertiary/aromatic N) is 3. The summed E-state index contributed by atoms with van der Waals surface area (Å²) in [4.78, 5) is 3.87. The molecule has 0 amide bonds. The van der Waals surface area contributed by atoms with Gasteiger partial charge in [-0.2, -0.15) is 31.0 Å². The number of hydrogen-bond donors (Lipinski definition) is 0. The molecule has 3 nitrogen and oxygen atoms in total. The van der Waals surface area contributed by atoms with Crippen LogP contribution in [-0.4, -0.2) is 17.1 Å². The Morgan fingerprint density at radius 1 is 0.667 bits per heavy atom. The molecule has 0 saturated heterocycles. The number of benzene rings is 6. The number of pyridine rings is 1. The largest absolute Gasteiger partial charge is 0.672 e. The van der Waals surface area contributed by atoms with Crippen molar-refractivity contribution in [1.82, 2.24) is 4.98 Å². The normalized spacial score (nSPS) is 13.7. The maximum absolute atomic E-state index is 14.3. The van der Waals surface area contributed by atoms with Crippen molar-refractivity contribution in [3.05, 3.63) is 198 Å². The smallest absolute Gasteiger partial charge is 0.0840 e. The van der Waals surface area contributed by atoms with Crippen LogP contribution in [0.4, 0.5) is 17.6 Å². The summed E-state index contributed by atoms with van der Waals surface area (Å²) < 4.78 is 142. The van der Waals surface area contributed by atoms with Crippen molar-refractivity contribution >= 4 is 21.5 Å². The van der Waals surface area contributed by atoms with Gasteiger partial charge in [-0.25, -0.2) is 14.9 Å². The fraction of sp³-hybridized carbons (Fsp3) is 0.152. The summed E-state index contributed by atoms with van der Waals surface area (Å²) in [5.41, 5.74) is 0.339. The minimum atomic E-state index is -1.00. The molecular weight excluding hydrogens is 863 g/mol. The number of aromatic nitrogens is 1. The van der Waals surface area contributed by atoms with E-state index in [4.69, 9.17) is 15.1 Å². The summed E-state index contributed by atoms with van der Waals surface area (Å²) in [7, 11) is 0. The summed E-state index contributed by atoms with van der Waals surface area (Å²) in [6, 6.07) is 13.2. The number of halogens is 4. The molecule has 54 heavy (non-hydrogen) atoms. The topological polar surface area (TPSA) is 41.1 Å². The molecule has 6 aromatic carbocycles. The zero-order chi connectivity index (χ0) is 47.6. The average molecular weight is 914 g/mol. The van der Waals surface area contributed by atoms with Gasteiger partial charge in [0.1, 0.15) is 0 Å². The molecule has 0 spiro atoms. The molecular formula is C46H40F4IrN3-5. The molecule has 0 saturated carbocycles. The molecule has 0 bridgehead atoms. The molecule has 0 unspecified atom stereocenters. The van der Waals surface area contributed by atoms with Crippen LogP contribution in [0.1, 0.15) is 65.6 Å². The van der Waals surface area contributed by atoms with E-state index in [0.717, 1.165) is 12.1 Å². The van der Waals surface area contributed by atoms with Crippen LogP contribution in [0.25, 0.3) is 54.6 Å². The molecule has 1 heterocycles. The second-order valence-corrected chi connectivity index (χ2v) is 12.1. The van der Waals surface area contributed by atoms with E-state index in [1.165, 1.54) is 11.6 Å². The van der Waals surface area contributed by atoms with E-state index in [-0.39, 0.29) is 93.4 Å². The van der Waals surface area contributed by atoms with Crippen molar-refractivity contribution < 1.29 is 52.7 Å². The molecule has 0 atom stereocenters. The first kappa shape index (κ1) is 28.5.